The fourth-order valence-electron chi connectivity index (χ4n) is 1.44. The lowest BCUT2D eigenvalue weighted by Gasteiger charge is -2.13. The Morgan fingerprint density at radius 2 is 2.11 bits per heavy atom. The summed E-state index contributed by atoms with van der Waals surface area (Å²) in [5.41, 5.74) is 0.366. The molecule has 0 saturated carbocycles. The van der Waals surface area contributed by atoms with Gasteiger partial charge in [-0.05, 0) is 26.0 Å². The Morgan fingerprint density at radius 3 is 2.72 bits per heavy atom. The van der Waals surface area contributed by atoms with Crippen LogP contribution in [0.4, 0.5) is 0 Å². The molecule has 0 heterocycles. The third-order valence-electron chi connectivity index (χ3n) is 2.16. The van der Waals surface area contributed by atoms with Gasteiger partial charge >= 0.3 is 0 Å². The van der Waals surface area contributed by atoms with Gasteiger partial charge in [0.05, 0.1) is 12.2 Å². The monoisotopic (exact) mass is 251 g/mol. The number of ether oxygens (including phenoxy) is 2. The van der Waals surface area contributed by atoms with Crippen molar-refractivity contribution in [2.75, 3.05) is 19.8 Å². The van der Waals surface area contributed by atoms with E-state index in [-0.39, 0.29) is 12.5 Å². The molecule has 5 nitrogen and oxygen atoms in total. The van der Waals surface area contributed by atoms with Crippen molar-refractivity contribution in [2.45, 2.75) is 13.8 Å². The number of hydrogen-bond donors (Lipinski definition) is 1. The van der Waals surface area contributed by atoms with Gasteiger partial charge in [0.2, 0.25) is 0 Å². The Kier molecular flexibility index (Phi) is 5.70. The Balaban J connectivity index is 2.83. The zero-order valence-corrected chi connectivity index (χ0v) is 10.6. The maximum Gasteiger partial charge on any atom is 0.257 e. The fourth-order valence-corrected chi connectivity index (χ4v) is 1.44. The summed E-state index contributed by atoms with van der Waals surface area (Å²) in [5.74, 6) is 0.535. The summed E-state index contributed by atoms with van der Waals surface area (Å²) in [6.07, 6.45) is 0.676. The first-order chi connectivity index (χ1) is 8.72. The summed E-state index contributed by atoms with van der Waals surface area (Å²) in [7, 11) is 0. The highest BCUT2D eigenvalue weighted by molar-refractivity contribution is 5.82. The Bertz CT molecular complexity index is 417. The number of aldehydes is 1. The van der Waals surface area contributed by atoms with Crippen LogP contribution in [0.5, 0.6) is 11.5 Å². The Labute approximate surface area is 106 Å². The average molecular weight is 251 g/mol. The number of hydrogen-bond acceptors (Lipinski definition) is 4. The lowest BCUT2D eigenvalue weighted by molar-refractivity contribution is -0.123. The molecule has 0 aliphatic carbocycles. The van der Waals surface area contributed by atoms with Crippen molar-refractivity contribution in [1.82, 2.24) is 5.32 Å². The van der Waals surface area contributed by atoms with E-state index in [4.69, 9.17) is 9.47 Å². The first kappa shape index (κ1) is 14.0. The molecule has 0 aromatic heterocycles. The van der Waals surface area contributed by atoms with Gasteiger partial charge < -0.3 is 14.8 Å². The Hall–Kier alpha value is -2.04. The van der Waals surface area contributed by atoms with E-state index in [9.17, 15) is 9.59 Å². The predicted octanol–water partition coefficient (Wildman–Crippen LogP) is 1.41. The molecule has 0 aliphatic heterocycles. The van der Waals surface area contributed by atoms with Crippen molar-refractivity contribution in [1.29, 1.82) is 0 Å². The quantitative estimate of drug-likeness (QED) is 0.744. The summed E-state index contributed by atoms with van der Waals surface area (Å²) in [6.45, 7) is 4.51. The number of rotatable bonds is 7. The first-order valence-corrected chi connectivity index (χ1v) is 5.83. The number of likely N-dealkylation sites (N-methyl/N-ethyl adjacent to an activating group) is 1. The minimum atomic E-state index is -0.236. The van der Waals surface area contributed by atoms with E-state index in [0.717, 1.165) is 0 Å². The summed E-state index contributed by atoms with van der Waals surface area (Å²) < 4.78 is 10.7. The standard InChI is InChI=1S/C13H17NO4/c1-3-14-12(16)9-18-13-10(8-15)6-5-7-11(13)17-4-2/h5-8H,3-4,9H2,1-2H3,(H,14,16). The minimum absolute atomic E-state index is 0.140. The lowest BCUT2D eigenvalue weighted by atomic mass is 10.2. The summed E-state index contributed by atoms with van der Waals surface area (Å²) >= 11 is 0. The second-order valence-corrected chi connectivity index (χ2v) is 3.47. The highest BCUT2D eigenvalue weighted by atomic mass is 16.5. The third-order valence-corrected chi connectivity index (χ3v) is 2.16. The van der Waals surface area contributed by atoms with Crippen LogP contribution in [0.25, 0.3) is 0 Å². The zero-order chi connectivity index (χ0) is 13.4. The number of benzene rings is 1. The van der Waals surface area contributed by atoms with Gasteiger partial charge in [-0.3, -0.25) is 9.59 Å². The molecule has 1 amide bonds. The van der Waals surface area contributed by atoms with E-state index in [2.05, 4.69) is 5.32 Å². The molecule has 0 spiro atoms. The van der Waals surface area contributed by atoms with Crippen molar-refractivity contribution in [3.8, 4) is 11.5 Å². The van der Waals surface area contributed by atoms with Crippen molar-refractivity contribution < 1.29 is 19.1 Å². The van der Waals surface area contributed by atoms with Gasteiger partial charge in [-0.1, -0.05) is 6.07 Å². The fraction of sp³-hybridized carbons (Fsp3) is 0.385. The second-order valence-electron chi connectivity index (χ2n) is 3.47. The van der Waals surface area contributed by atoms with Crippen molar-refractivity contribution in [3.05, 3.63) is 23.8 Å². The molecule has 1 rings (SSSR count). The van der Waals surface area contributed by atoms with E-state index in [0.29, 0.717) is 36.5 Å². The molecule has 0 unspecified atom stereocenters. The van der Waals surface area contributed by atoms with E-state index in [1.807, 2.05) is 13.8 Å². The molecule has 18 heavy (non-hydrogen) atoms. The lowest BCUT2D eigenvalue weighted by Crippen LogP contribution is -2.28. The number of amides is 1. The van der Waals surface area contributed by atoms with E-state index in [1.54, 1.807) is 18.2 Å². The van der Waals surface area contributed by atoms with Crippen LogP contribution in [-0.2, 0) is 4.79 Å². The van der Waals surface area contributed by atoms with Gasteiger partial charge in [-0.25, -0.2) is 0 Å². The molecule has 0 fully saturated rings. The van der Waals surface area contributed by atoms with Crippen LogP contribution in [0.1, 0.15) is 24.2 Å². The first-order valence-electron chi connectivity index (χ1n) is 5.83. The van der Waals surface area contributed by atoms with Gasteiger partial charge in [0.15, 0.2) is 24.4 Å². The third kappa shape index (κ3) is 3.76. The van der Waals surface area contributed by atoms with Gasteiger partial charge in [-0.2, -0.15) is 0 Å². The molecule has 0 saturated heterocycles. The number of carbonyl (C=O) groups excluding carboxylic acids is 2. The van der Waals surface area contributed by atoms with Gasteiger partial charge in [-0.15, -0.1) is 0 Å². The topological polar surface area (TPSA) is 64.6 Å². The van der Waals surface area contributed by atoms with E-state index in [1.165, 1.54) is 0 Å². The zero-order valence-electron chi connectivity index (χ0n) is 10.6. The minimum Gasteiger partial charge on any atom is -0.490 e. The highest BCUT2D eigenvalue weighted by Crippen LogP contribution is 2.30. The maximum atomic E-state index is 11.3. The van der Waals surface area contributed by atoms with Gasteiger partial charge in [0.25, 0.3) is 5.91 Å². The summed E-state index contributed by atoms with van der Waals surface area (Å²) in [5, 5.41) is 2.61. The molecule has 0 atom stereocenters. The van der Waals surface area contributed by atoms with Crippen molar-refractivity contribution in [3.63, 3.8) is 0 Å². The average Bonchev–Trinajstić information content (AvgIpc) is 2.37. The molecule has 98 valence electrons. The van der Waals surface area contributed by atoms with Crippen LogP contribution in [0.2, 0.25) is 0 Å². The van der Waals surface area contributed by atoms with Gasteiger partial charge in [0, 0.05) is 6.54 Å². The van der Waals surface area contributed by atoms with Crippen LogP contribution in [0, 0.1) is 0 Å². The summed E-state index contributed by atoms with van der Waals surface area (Å²) in [6, 6.07) is 5.01. The highest BCUT2D eigenvalue weighted by Gasteiger charge is 2.12. The summed E-state index contributed by atoms with van der Waals surface area (Å²) in [4.78, 5) is 22.2. The van der Waals surface area contributed by atoms with Crippen LogP contribution >= 0.6 is 0 Å². The normalized spacial score (nSPS) is 9.67. The molecular formula is C13H17NO4. The maximum absolute atomic E-state index is 11.3. The molecule has 1 aromatic carbocycles. The number of nitrogens with one attached hydrogen (secondary N) is 1. The van der Waals surface area contributed by atoms with Gasteiger partial charge in [0.1, 0.15) is 0 Å². The van der Waals surface area contributed by atoms with E-state index >= 15 is 0 Å². The number of para-hydroxylation sites is 1. The predicted molar refractivity (Wildman–Crippen MR) is 67.2 cm³/mol. The smallest absolute Gasteiger partial charge is 0.257 e. The van der Waals surface area contributed by atoms with Crippen LogP contribution in [0.3, 0.4) is 0 Å². The molecular weight excluding hydrogens is 234 g/mol. The molecule has 0 bridgehead atoms. The van der Waals surface area contributed by atoms with Crippen LogP contribution in [0.15, 0.2) is 18.2 Å². The molecule has 0 aliphatic rings. The Morgan fingerprint density at radius 1 is 1.33 bits per heavy atom. The second kappa shape index (κ2) is 7.32. The van der Waals surface area contributed by atoms with E-state index < -0.39 is 0 Å². The molecule has 1 aromatic rings. The van der Waals surface area contributed by atoms with Crippen molar-refractivity contribution in [2.24, 2.45) is 0 Å². The number of carbonyl (C=O) groups is 2. The van der Waals surface area contributed by atoms with Crippen LogP contribution < -0.4 is 14.8 Å². The molecule has 0 radical (unpaired) electrons. The van der Waals surface area contributed by atoms with Crippen LogP contribution in [-0.4, -0.2) is 32.0 Å². The molecule has 1 N–H and O–H groups in total. The van der Waals surface area contributed by atoms with Crippen molar-refractivity contribution >= 4 is 12.2 Å². The SMILES string of the molecule is CCNC(=O)COc1c(C=O)cccc1OCC. The largest absolute Gasteiger partial charge is 0.490 e. The molecule has 5 heteroatoms.